The van der Waals surface area contributed by atoms with Gasteiger partial charge in [-0.15, -0.1) is 0 Å². The Morgan fingerprint density at radius 2 is 1.47 bits per heavy atom. The molecule has 3 heterocycles. The van der Waals surface area contributed by atoms with E-state index in [1.165, 1.54) is 27.9 Å². The average molecular weight is 523 g/mol. The maximum absolute atomic E-state index is 5.42. The number of H-pyrrole nitrogens is 2. The van der Waals surface area contributed by atoms with Crippen molar-refractivity contribution in [2.45, 2.75) is 52.4 Å². The average Bonchev–Trinajstić information content (AvgIpc) is 3.58. The SMILES string of the molecule is CC(Cc1cnc[nH]1)c1cc2c(cc1Br)OCO2.Cc1cccc(C(C)Cc2cnc[nH]2)c1C. The molecular weight excluding hydrogens is 492 g/mol. The van der Waals surface area contributed by atoms with Gasteiger partial charge in [0.15, 0.2) is 11.5 Å². The van der Waals surface area contributed by atoms with Crippen molar-refractivity contribution in [3.63, 3.8) is 0 Å². The number of aryl methyl sites for hydroxylation is 1. The van der Waals surface area contributed by atoms with E-state index in [2.05, 4.69) is 81.8 Å². The molecule has 7 heteroatoms. The Labute approximate surface area is 209 Å². The third-order valence-corrected chi connectivity index (χ3v) is 7.05. The predicted octanol–water partition coefficient (Wildman–Crippen LogP) is 6.62. The number of benzene rings is 2. The summed E-state index contributed by atoms with van der Waals surface area (Å²) >= 11 is 3.59. The van der Waals surface area contributed by atoms with Crippen LogP contribution in [0.4, 0.5) is 0 Å². The highest BCUT2D eigenvalue weighted by Gasteiger charge is 2.19. The van der Waals surface area contributed by atoms with Crippen LogP contribution < -0.4 is 9.47 Å². The molecule has 0 spiro atoms. The molecule has 5 rings (SSSR count). The summed E-state index contributed by atoms with van der Waals surface area (Å²) in [6, 6.07) is 10.6. The first-order valence-corrected chi connectivity index (χ1v) is 12.3. The third-order valence-electron chi connectivity index (χ3n) is 6.36. The lowest BCUT2D eigenvalue weighted by atomic mass is 9.91. The fraction of sp³-hybridized carbons (Fsp3) is 0.333. The van der Waals surface area contributed by atoms with E-state index < -0.39 is 0 Å². The lowest BCUT2D eigenvalue weighted by Gasteiger charge is -2.15. The van der Waals surface area contributed by atoms with E-state index in [-0.39, 0.29) is 0 Å². The smallest absolute Gasteiger partial charge is 0.231 e. The maximum Gasteiger partial charge on any atom is 0.231 e. The summed E-state index contributed by atoms with van der Waals surface area (Å²) in [4.78, 5) is 14.4. The van der Waals surface area contributed by atoms with Crippen LogP contribution in [-0.2, 0) is 12.8 Å². The second-order valence-electron chi connectivity index (χ2n) is 8.88. The Kier molecular flexibility index (Phi) is 7.73. The van der Waals surface area contributed by atoms with Gasteiger partial charge in [-0.1, -0.05) is 48.0 Å². The number of imidazole rings is 2. The number of ether oxygens (including phenoxy) is 2. The van der Waals surface area contributed by atoms with Crippen LogP contribution in [0.3, 0.4) is 0 Å². The van der Waals surface area contributed by atoms with Gasteiger partial charge in [-0.25, -0.2) is 9.97 Å². The Morgan fingerprint density at radius 3 is 2.06 bits per heavy atom. The lowest BCUT2D eigenvalue weighted by Crippen LogP contribution is -2.02. The highest BCUT2D eigenvalue weighted by Crippen LogP contribution is 2.40. The van der Waals surface area contributed by atoms with Crippen LogP contribution in [0.5, 0.6) is 11.5 Å². The van der Waals surface area contributed by atoms with Gasteiger partial charge in [0.05, 0.1) is 12.7 Å². The van der Waals surface area contributed by atoms with Gasteiger partial charge < -0.3 is 19.4 Å². The molecule has 0 saturated heterocycles. The van der Waals surface area contributed by atoms with E-state index >= 15 is 0 Å². The Bertz CT molecular complexity index is 1210. The number of rotatable bonds is 6. The summed E-state index contributed by atoms with van der Waals surface area (Å²) in [6.07, 6.45) is 9.14. The van der Waals surface area contributed by atoms with Gasteiger partial charge in [-0.3, -0.25) is 0 Å². The van der Waals surface area contributed by atoms with Crippen molar-refractivity contribution in [2.24, 2.45) is 0 Å². The normalized spacial score (nSPS) is 13.8. The number of nitrogens with one attached hydrogen (secondary N) is 2. The molecule has 34 heavy (non-hydrogen) atoms. The molecule has 6 nitrogen and oxygen atoms in total. The van der Waals surface area contributed by atoms with E-state index in [1.807, 2.05) is 24.5 Å². The van der Waals surface area contributed by atoms with Gasteiger partial charge in [0.1, 0.15) is 0 Å². The van der Waals surface area contributed by atoms with Crippen molar-refractivity contribution in [3.8, 4) is 11.5 Å². The van der Waals surface area contributed by atoms with Crippen molar-refractivity contribution in [1.29, 1.82) is 0 Å². The predicted molar refractivity (Wildman–Crippen MR) is 138 cm³/mol. The summed E-state index contributed by atoms with van der Waals surface area (Å²) in [5.74, 6) is 2.53. The molecule has 0 saturated carbocycles. The molecule has 0 aliphatic carbocycles. The zero-order valence-corrected chi connectivity index (χ0v) is 21.6. The largest absolute Gasteiger partial charge is 0.454 e. The number of hydrogen-bond donors (Lipinski definition) is 2. The van der Waals surface area contributed by atoms with Crippen molar-refractivity contribution in [2.75, 3.05) is 6.79 Å². The third kappa shape index (κ3) is 5.70. The maximum atomic E-state index is 5.42. The number of aromatic amines is 2. The molecule has 2 aromatic carbocycles. The minimum Gasteiger partial charge on any atom is -0.454 e. The molecule has 4 aromatic rings. The molecule has 1 aliphatic heterocycles. The van der Waals surface area contributed by atoms with Gasteiger partial charge >= 0.3 is 0 Å². The zero-order chi connectivity index (χ0) is 24.1. The monoisotopic (exact) mass is 522 g/mol. The van der Waals surface area contributed by atoms with Crippen molar-refractivity contribution in [1.82, 2.24) is 19.9 Å². The van der Waals surface area contributed by atoms with E-state index in [4.69, 9.17) is 9.47 Å². The number of nitrogens with zero attached hydrogens (tertiary/aromatic N) is 2. The number of fused-ring (bicyclic) bond motifs is 1. The first kappa shape index (κ1) is 24.1. The van der Waals surface area contributed by atoms with Crippen LogP contribution in [0.1, 0.15) is 59.3 Å². The highest BCUT2D eigenvalue weighted by molar-refractivity contribution is 9.10. The molecule has 178 valence electrons. The van der Waals surface area contributed by atoms with Crippen LogP contribution in [0, 0.1) is 13.8 Å². The second kappa shape index (κ2) is 10.9. The quantitative estimate of drug-likeness (QED) is 0.298. The molecule has 0 amide bonds. The van der Waals surface area contributed by atoms with Crippen molar-refractivity contribution in [3.05, 3.63) is 93.5 Å². The van der Waals surface area contributed by atoms with Crippen LogP contribution in [0.25, 0.3) is 0 Å². The Balaban J connectivity index is 0.000000162. The fourth-order valence-electron chi connectivity index (χ4n) is 4.29. The van der Waals surface area contributed by atoms with Crippen LogP contribution in [-0.4, -0.2) is 26.7 Å². The standard InChI is InChI=1S/C14H18N2.C13H13BrN2O2/c1-10-5-4-6-14(12(10)3)11(2)7-13-8-15-9-16-13;1-8(2-9-5-15-6-16-9)10-3-12-13(4-11(10)14)18-7-17-12/h4-6,8-9,11H,7H2,1-3H3,(H,15,16);3-6,8H,2,7H2,1H3,(H,15,16). The summed E-state index contributed by atoms with van der Waals surface area (Å²) < 4.78 is 11.8. The summed E-state index contributed by atoms with van der Waals surface area (Å²) in [5, 5.41) is 0. The first-order valence-electron chi connectivity index (χ1n) is 11.5. The van der Waals surface area contributed by atoms with E-state index in [1.54, 1.807) is 12.7 Å². The molecule has 2 atom stereocenters. The van der Waals surface area contributed by atoms with Gasteiger partial charge in [-0.05, 0) is 72.9 Å². The van der Waals surface area contributed by atoms with Crippen LogP contribution in [0.2, 0.25) is 0 Å². The number of hydrogen-bond acceptors (Lipinski definition) is 4. The van der Waals surface area contributed by atoms with Gasteiger partial charge in [0.2, 0.25) is 6.79 Å². The number of halogens is 1. The minimum absolute atomic E-state index is 0.306. The minimum atomic E-state index is 0.306. The van der Waals surface area contributed by atoms with E-state index in [9.17, 15) is 0 Å². The molecule has 0 fully saturated rings. The highest BCUT2D eigenvalue weighted by atomic mass is 79.9. The summed E-state index contributed by atoms with van der Waals surface area (Å²) in [5.41, 5.74) is 7.77. The zero-order valence-electron chi connectivity index (χ0n) is 20.1. The molecule has 1 aliphatic rings. The Hall–Kier alpha value is -3.06. The molecular formula is C27H31BrN4O2. The molecule has 0 bridgehead atoms. The van der Waals surface area contributed by atoms with Gasteiger partial charge in [0.25, 0.3) is 0 Å². The van der Waals surface area contributed by atoms with Gasteiger partial charge in [0, 0.05) is 28.3 Å². The van der Waals surface area contributed by atoms with Gasteiger partial charge in [-0.2, -0.15) is 0 Å². The topological polar surface area (TPSA) is 75.8 Å². The van der Waals surface area contributed by atoms with Crippen molar-refractivity contribution >= 4 is 15.9 Å². The molecule has 2 aromatic heterocycles. The van der Waals surface area contributed by atoms with E-state index in [0.29, 0.717) is 18.6 Å². The summed E-state index contributed by atoms with van der Waals surface area (Å²) in [6.45, 7) is 9.13. The molecule has 2 unspecified atom stereocenters. The molecule has 0 radical (unpaired) electrons. The number of aromatic nitrogens is 4. The van der Waals surface area contributed by atoms with Crippen molar-refractivity contribution < 1.29 is 9.47 Å². The second-order valence-corrected chi connectivity index (χ2v) is 9.73. The van der Waals surface area contributed by atoms with Crippen LogP contribution >= 0.6 is 15.9 Å². The Morgan fingerprint density at radius 1 is 0.882 bits per heavy atom. The fourth-order valence-corrected chi connectivity index (χ4v) is 5.00. The van der Waals surface area contributed by atoms with E-state index in [0.717, 1.165) is 34.5 Å². The van der Waals surface area contributed by atoms with Crippen LogP contribution in [0.15, 0.2) is 59.9 Å². The lowest BCUT2D eigenvalue weighted by molar-refractivity contribution is 0.174. The summed E-state index contributed by atoms with van der Waals surface area (Å²) in [7, 11) is 0. The first-order chi connectivity index (χ1) is 16.4. The molecule has 2 N–H and O–H groups in total.